The summed E-state index contributed by atoms with van der Waals surface area (Å²) in [5, 5.41) is -0.286. The second-order valence-electron chi connectivity index (χ2n) is 5.83. The molecule has 1 atom stereocenters. The molecule has 136 valence electrons. The molecule has 2 aliphatic heterocycles. The van der Waals surface area contributed by atoms with E-state index in [2.05, 4.69) is 4.98 Å². The number of pyridine rings is 1. The van der Waals surface area contributed by atoms with Crippen molar-refractivity contribution < 1.29 is 27.5 Å². The molecule has 0 saturated carbocycles. The van der Waals surface area contributed by atoms with Crippen molar-refractivity contribution in [2.75, 3.05) is 19.7 Å². The number of fused-ring (bicyclic) bond motifs is 1. The largest absolute Gasteiger partial charge is 0.475 e. The zero-order valence-corrected chi connectivity index (χ0v) is 13.8. The second-order valence-corrected chi connectivity index (χ2v) is 6.24. The van der Waals surface area contributed by atoms with Crippen LogP contribution in [0.1, 0.15) is 24.8 Å². The van der Waals surface area contributed by atoms with Crippen molar-refractivity contribution in [2.24, 2.45) is 0 Å². The van der Waals surface area contributed by atoms with E-state index >= 15 is 0 Å². The number of urea groups is 1. The van der Waals surface area contributed by atoms with Crippen LogP contribution in [-0.4, -0.2) is 52.5 Å². The van der Waals surface area contributed by atoms with Crippen LogP contribution in [0, 0.1) is 0 Å². The third-order valence-electron chi connectivity index (χ3n) is 4.22. The molecule has 0 radical (unpaired) electrons. The van der Waals surface area contributed by atoms with Gasteiger partial charge in [-0.3, -0.25) is 9.69 Å². The molecular weight excluding hydrogens is 363 g/mol. The molecule has 25 heavy (non-hydrogen) atoms. The number of ether oxygens (including phenoxy) is 1. The molecule has 0 N–H and O–H groups in total. The third kappa shape index (κ3) is 3.51. The van der Waals surface area contributed by atoms with Gasteiger partial charge in [-0.15, -0.1) is 0 Å². The molecule has 6 nitrogen and oxygen atoms in total. The van der Waals surface area contributed by atoms with Gasteiger partial charge in [-0.05, 0) is 25.3 Å². The first-order valence-electron chi connectivity index (χ1n) is 7.76. The van der Waals surface area contributed by atoms with Gasteiger partial charge in [0, 0.05) is 12.7 Å². The average molecular weight is 378 g/mol. The Bertz CT molecular complexity index is 674. The van der Waals surface area contributed by atoms with Gasteiger partial charge in [0.15, 0.2) is 0 Å². The highest BCUT2D eigenvalue weighted by Gasteiger charge is 2.45. The van der Waals surface area contributed by atoms with Crippen LogP contribution < -0.4 is 4.74 Å². The molecule has 0 spiro atoms. The molecule has 0 unspecified atom stereocenters. The van der Waals surface area contributed by atoms with Gasteiger partial charge in [-0.25, -0.2) is 9.78 Å². The minimum absolute atomic E-state index is 0.0102. The molecule has 3 amide bonds. The summed E-state index contributed by atoms with van der Waals surface area (Å²) in [6.07, 6.45) is -1.52. The van der Waals surface area contributed by atoms with Gasteiger partial charge in [-0.1, -0.05) is 11.6 Å². The Hall–Kier alpha value is -2.03. The van der Waals surface area contributed by atoms with Crippen LogP contribution in [0.15, 0.2) is 12.3 Å². The van der Waals surface area contributed by atoms with Crippen molar-refractivity contribution in [1.29, 1.82) is 0 Å². The zero-order chi connectivity index (χ0) is 18.2. The average Bonchev–Trinajstić information content (AvgIpc) is 2.80. The monoisotopic (exact) mass is 377 g/mol. The number of carbonyl (C=O) groups is 2. The number of hydrogen-bond donors (Lipinski definition) is 0. The number of nitrogens with zero attached hydrogens (tertiary/aromatic N) is 3. The minimum Gasteiger partial charge on any atom is -0.475 e. The number of alkyl halides is 3. The van der Waals surface area contributed by atoms with E-state index in [1.807, 2.05) is 0 Å². The Balaban J connectivity index is 1.60. The highest BCUT2D eigenvalue weighted by atomic mass is 35.5. The van der Waals surface area contributed by atoms with Gasteiger partial charge in [0.2, 0.25) is 5.88 Å². The molecule has 2 fully saturated rings. The first-order valence-corrected chi connectivity index (χ1v) is 8.14. The number of rotatable bonds is 4. The van der Waals surface area contributed by atoms with Crippen LogP contribution in [-0.2, 0) is 11.0 Å². The van der Waals surface area contributed by atoms with Crippen LogP contribution in [0.2, 0.25) is 5.02 Å². The molecule has 3 heterocycles. The molecule has 1 aromatic rings. The first-order chi connectivity index (χ1) is 11.8. The fourth-order valence-electron chi connectivity index (χ4n) is 2.97. The molecule has 2 aliphatic rings. The van der Waals surface area contributed by atoms with Gasteiger partial charge in [0.25, 0.3) is 5.91 Å². The summed E-state index contributed by atoms with van der Waals surface area (Å²) in [6, 6.07) is -0.0464. The summed E-state index contributed by atoms with van der Waals surface area (Å²) >= 11 is 5.74. The molecular formula is C15H15ClF3N3O3. The quantitative estimate of drug-likeness (QED) is 0.757. The maximum Gasteiger partial charge on any atom is 0.417 e. The Morgan fingerprint density at radius 3 is 2.72 bits per heavy atom. The van der Waals surface area contributed by atoms with Crippen LogP contribution in [0.25, 0.3) is 0 Å². The molecule has 0 bridgehead atoms. The fourth-order valence-corrected chi connectivity index (χ4v) is 3.19. The van der Waals surface area contributed by atoms with E-state index in [4.69, 9.17) is 16.3 Å². The van der Waals surface area contributed by atoms with Gasteiger partial charge in [-0.2, -0.15) is 13.2 Å². The predicted octanol–water partition coefficient (Wildman–Crippen LogP) is 2.95. The maximum absolute atomic E-state index is 12.6. The number of piperidine rings is 1. The lowest BCUT2D eigenvalue weighted by Gasteiger charge is -2.26. The van der Waals surface area contributed by atoms with E-state index in [0.29, 0.717) is 19.2 Å². The van der Waals surface area contributed by atoms with Gasteiger partial charge < -0.3 is 9.64 Å². The fraction of sp³-hybridized carbons (Fsp3) is 0.533. The zero-order valence-electron chi connectivity index (χ0n) is 13.1. The van der Waals surface area contributed by atoms with E-state index in [0.717, 1.165) is 23.8 Å². The molecule has 0 aliphatic carbocycles. The van der Waals surface area contributed by atoms with Crippen molar-refractivity contribution in [1.82, 2.24) is 14.8 Å². The Labute approximate surface area is 146 Å². The highest BCUT2D eigenvalue weighted by Crippen LogP contribution is 2.33. The van der Waals surface area contributed by atoms with Crippen molar-refractivity contribution in [2.45, 2.75) is 31.5 Å². The summed E-state index contributed by atoms with van der Waals surface area (Å²) in [6.45, 7) is 0.443. The van der Waals surface area contributed by atoms with Crippen molar-refractivity contribution >= 4 is 23.5 Å². The first kappa shape index (κ1) is 17.8. The van der Waals surface area contributed by atoms with Crippen LogP contribution >= 0.6 is 11.6 Å². The number of hydrogen-bond acceptors (Lipinski definition) is 4. The topological polar surface area (TPSA) is 62.7 Å². The Morgan fingerprint density at radius 2 is 2.08 bits per heavy atom. The maximum atomic E-state index is 12.6. The van der Waals surface area contributed by atoms with E-state index in [1.165, 1.54) is 0 Å². The molecule has 0 aromatic carbocycles. The highest BCUT2D eigenvalue weighted by molar-refractivity contribution is 6.31. The van der Waals surface area contributed by atoms with Gasteiger partial charge in [0.05, 0.1) is 12.1 Å². The van der Waals surface area contributed by atoms with Crippen LogP contribution in [0.4, 0.5) is 18.0 Å². The third-order valence-corrected chi connectivity index (χ3v) is 4.49. The summed E-state index contributed by atoms with van der Waals surface area (Å²) in [5.41, 5.74) is -0.980. The van der Waals surface area contributed by atoms with E-state index in [-0.39, 0.29) is 36.0 Å². The standard InChI is InChI=1S/C15H15ClF3N3O3/c16-10-7-9(15(17,18)19)8-20-12(10)25-6-5-22-13(23)11-3-1-2-4-21(11)14(22)24/h7-8,11H,1-6H2/t11-/m1/s1. The van der Waals surface area contributed by atoms with Crippen molar-refractivity contribution in [3.8, 4) is 5.88 Å². The second kappa shape index (κ2) is 6.70. The van der Waals surface area contributed by atoms with Crippen LogP contribution in [0.5, 0.6) is 5.88 Å². The number of aromatic nitrogens is 1. The Kier molecular flexibility index (Phi) is 4.77. The molecule has 10 heteroatoms. The van der Waals surface area contributed by atoms with E-state index in [9.17, 15) is 22.8 Å². The normalized spacial score (nSPS) is 20.9. The number of halogens is 4. The Morgan fingerprint density at radius 1 is 1.32 bits per heavy atom. The number of carbonyl (C=O) groups excluding carboxylic acids is 2. The molecule has 1 aromatic heterocycles. The summed E-state index contributed by atoms with van der Waals surface area (Å²) in [4.78, 5) is 30.7. The van der Waals surface area contributed by atoms with Crippen molar-refractivity contribution in [3.63, 3.8) is 0 Å². The summed E-state index contributed by atoms with van der Waals surface area (Å²) in [7, 11) is 0. The SMILES string of the molecule is O=C1[C@H]2CCCCN2C(=O)N1CCOc1ncc(C(F)(F)F)cc1Cl. The molecule has 2 saturated heterocycles. The number of imide groups is 1. The minimum atomic E-state index is -4.55. The lowest BCUT2D eigenvalue weighted by molar-refractivity contribution is -0.138. The predicted molar refractivity (Wildman–Crippen MR) is 81.2 cm³/mol. The van der Waals surface area contributed by atoms with Crippen LogP contribution in [0.3, 0.4) is 0 Å². The van der Waals surface area contributed by atoms with E-state index < -0.39 is 17.8 Å². The summed E-state index contributed by atoms with van der Waals surface area (Å²) in [5.74, 6) is -0.439. The molecule has 3 rings (SSSR count). The lowest BCUT2D eigenvalue weighted by Crippen LogP contribution is -2.39. The number of amides is 3. The van der Waals surface area contributed by atoms with Gasteiger partial charge in [0.1, 0.15) is 17.7 Å². The smallest absolute Gasteiger partial charge is 0.417 e. The van der Waals surface area contributed by atoms with Crippen molar-refractivity contribution in [3.05, 3.63) is 22.8 Å². The van der Waals surface area contributed by atoms with Gasteiger partial charge >= 0.3 is 12.2 Å². The summed E-state index contributed by atoms with van der Waals surface area (Å²) < 4.78 is 42.9. The van der Waals surface area contributed by atoms with E-state index in [1.54, 1.807) is 4.90 Å². The lowest BCUT2D eigenvalue weighted by atomic mass is 10.0.